The molecule has 0 aromatic carbocycles. The predicted molar refractivity (Wildman–Crippen MR) is 64.1 cm³/mol. The number of carbonyl (C=O) groups excluding carboxylic acids is 1. The number of rotatable bonds is 9. The highest BCUT2D eigenvalue weighted by atomic mass is 16.7. The number of nitrogens with one attached hydrogen (secondary N) is 1. The molecule has 1 amide bonds. The van der Waals surface area contributed by atoms with Crippen molar-refractivity contribution in [3.8, 4) is 0 Å². The third-order valence-electron chi connectivity index (χ3n) is 2.50. The standard InChI is InChI=1S/C12H25NO3/c1-5-10(6-2)12(14)13-9-11(15-7-3)16-8-4/h10-11H,5-9H2,1-4H3,(H,13,14). The summed E-state index contributed by atoms with van der Waals surface area (Å²) in [4.78, 5) is 11.7. The van der Waals surface area contributed by atoms with Crippen molar-refractivity contribution in [3.05, 3.63) is 0 Å². The first-order valence-corrected chi connectivity index (χ1v) is 6.20. The summed E-state index contributed by atoms with van der Waals surface area (Å²) in [6.45, 7) is 9.48. The van der Waals surface area contributed by atoms with Gasteiger partial charge >= 0.3 is 0 Å². The van der Waals surface area contributed by atoms with E-state index in [1.807, 2.05) is 27.7 Å². The van der Waals surface area contributed by atoms with Crippen molar-refractivity contribution in [2.75, 3.05) is 19.8 Å². The van der Waals surface area contributed by atoms with Crippen molar-refractivity contribution < 1.29 is 14.3 Å². The summed E-state index contributed by atoms with van der Waals surface area (Å²) in [5.74, 6) is 0.193. The van der Waals surface area contributed by atoms with Crippen LogP contribution in [0.1, 0.15) is 40.5 Å². The normalized spacial score (nSPS) is 11.1. The molecule has 1 N–H and O–H groups in total. The third kappa shape index (κ3) is 6.08. The minimum atomic E-state index is -0.326. The summed E-state index contributed by atoms with van der Waals surface area (Å²) in [5.41, 5.74) is 0. The molecular weight excluding hydrogens is 206 g/mol. The largest absolute Gasteiger partial charge is 0.351 e. The third-order valence-corrected chi connectivity index (χ3v) is 2.50. The summed E-state index contributed by atoms with van der Waals surface area (Å²) in [7, 11) is 0. The lowest BCUT2D eigenvalue weighted by Crippen LogP contribution is -2.38. The Balaban J connectivity index is 3.93. The van der Waals surface area contributed by atoms with Gasteiger partial charge in [0.15, 0.2) is 6.29 Å². The minimum Gasteiger partial charge on any atom is -0.351 e. The minimum absolute atomic E-state index is 0.0920. The van der Waals surface area contributed by atoms with E-state index in [0.717, 1.165) is 12.8 Å². The van der Waals surface area contributed by atoms with E-state index in [9.17, 15) is 4.79 Å². The van der Waals surface area contributed by atoms with Crippen molar-refractivity contribution in [1.29, 1.82) is 0 Å². The average molecular weight is 231 g/mol. The van der Waals surface area contributed by atoms with E-state index in [2.05, 4.69) is 5.32 Å². The summed E-state index contributed by atoms with van der Waals surface area (Å²) in [5, 5.41) is 2.87. The molecule has 0 heterocycles. The molecule has 0 saturated carbocycles. The van der Waals surface area contributed by atoms with Gasteiger partial charge in [-0.1, -0.05) is 13.8 Å². The van der Waals surface area contributed by atoms with Crippen molar-refractivity contribution in [1.82, 2.24) is 5.32 Å². The van der Waals surface area contributed by atoms with E-state index in [4.69, 9.17) is 9.47 Å². The Morgan fingerprint density at radius 1 is 1.06 bits per heavy atom. The highest BCUT2D eigenvalue weighted by Crippen LogP contribution is 2.07. The highest BCUT2D eigenvalue weighted by molar-refractivity contribution is 5.78. The summed E-state index contributed by atoms with van der Waals surface area (Å²) >= 11 is 0. The van der Waals surface area contributed by atoms with Gasteiger partial charge in [-0.3, -0.25) is 4.79 Å². The van der Waals surface area contributed by atoms with Crippen LogP contribution in [-0.2, 0) is 14.3 Å². The molecule has 0 rings (SSSR count). The van der Waals surface area contributed by atoms with Gasteiger partial charge in [-0.25, -0.2) is 0 Å². The molecular formula is C12H25NO3. The first-order chi connectivity index (χ1) is 7.69. The Morgan fingerprint density at radius 3 is 1.94 bits per heavy atom. The van der Waals surface area contributed by atoms with Crippen LogP contribution >= 0.6 is 0 Å². The smallest absolute Gasteiger partial charge is 0.223 e. The van der Waals surface area contributed by atoms with Gasteiger partial charge in [0, 0.05) is 19.1 Å². The fourth-order valence-electron chi connectivity index (χ4n) is 1.53. The maximum atomic E-state index is 11.7. The van der Waals surface area contributed by atoms with Crippen LogP contribution in [0.15, 0.2) is 0 Å². The fraction of sp³-hybridized carbons (Fsp3) is 0.917. The molecule has 96 valence electrons. The first kappa shape index (κ1) is 15.4. The fourth-order valence-corrected chi connectivity index (χ4v) is 1.53. The van der Waals surface area contributed by atoms with Gasteiger partial charge in [0.25, 0.3) is 0 Å². The Labute approximate surface area is 98.7 Å². The SMILES string of the molecule is CCOC(CNC(=O)C(CC)CC)OCC. The van der Waals surface area contributed by atoms with E-state index in [0.29, 0.717) is 19.8 Å². The van der Waals surface area contributed by atoms with Gasteiger partial charge in [-0.15, -0.1) is 0 Å². The van der Waals surface area contributed by atoms with E-state index in [1.165, 1.54) is 0 Å². The monoisotopic (exact) mass is 231 g/mol. The first-order valence-electron chi connectivity index (χ1n) is 6.20. The van der Waals surface area contributed by atoms with Gasteiger partial charge in [-0.05, 0) is 26.7 Å². The Kier molecular flexibility index (Phi) is 9.24. The zero-order valence-electron chi connectivity index (χ0n) is 10.9. The molecule has 0 aliphatic carbocycles. The molecule has 0 atom stereocenters. The maximum absolute atomic E-state index is 11.7. The van der Waals surface area contributed by atoms with Crippen LogP contribution in [-0.4, -0.2) is 32.0 Å². The zero-order chi connectivity index (χ0) is 12.4. The van der Waals surface area contributed by atoms with E-state index >= 15 is 0 Å². The van der Waals surface area contributed by atoms with Crippen LogP contribution in [0.25, 0.3) is 0 Å². The van der Waals surface area contributed by atoms with Crippen LogP contribution in [0.5, 0.6) is 0 Å². The number of amides is 1. The summed E-state index contributed by atoms with van der Waals surface area (Å²) in [6, 6.07) is 0. The van der Waals surface area contributed by atoms with Gasteiger partial charge < -0.3 is 14.8 Å². The lowest BCUT2D eigenvalue weighted by Gasteiger charge is -2.19. The topological polar surface area (TPSA) is 47.6 Å². The number of ether oxygens (including phenoxy) is 2. The molecule has 0 bridgehead atoms. The molecule has 0 radical (unpaired) electrons. The predicted octanol–water partition coefficient (Wildman–Crippen LogP) is 1.94. The van der Waals surface area contributed by atoms with Crippen molar-refractivity contribution >= 4 is 5.91 Å². The molecule has 0 aromatic rings. The van der Waals surface area contributed by atoms with E-state index in [1.54, 1.807) is 0 Å². The van der Waals surface area contributed by atoms with Gasteiger partial charge in [0.05, 0.1) is 6.54 Å². The average Bonchev–Trinajstić information content (AvgIpc) is 2.28. The second-order valence-corrected chi connectivity index (χ2v) is 3.60. The molecule has 0 aliphatic rings. The summed E-state index contributed by atoms with van der Waals surface area (Å²) in [6.07, 6.45) is 1.42. The maximum Gasteiger partial charge on any atom is 0.223 e. The van der Waals surface area contributed by atoms with Gasteiger partial charge in [0.2, 0.25) is 5.91 Å². The van der Waals surface area contributed by atoms with Crippen molar-refractivity contribution in [3.63, 3.8) is 0 Å². The molecule has 0 aliphatic heterocycles. The second kappa shape index (κ2) is 9.60. The van der Waals surface area contributed by atoms with Crippen molar-refractivity contribution in [2.24, 2.45) is 5.92 Å². The molecule has 0 unspecified atom stereocenters. The molecule has 4 heteroatoms. The molecule has 4 nitrogen and oxygen atoms in total. The molecule has 0 fully saturated rings. The van der Waals surface area contributed by atoms with E-state index in [-0.39, 0.29) is 18.1 Å². The highest BCUT2D eigenvalue weighted by Gasteiger charge is 2.16. The lowest BCUT2D eigenvalue weighted by atomic mass is 10.0. The molecule has 0 saturated heterocycles. The Bertz CT molecular complexity index is 175. The van der Waals surface area contributed by atoms with Crippen LogP contribution in [0.2, 0.25) is 0 Å². The van der Waals surface area contributed by atoms with Crippen LogP contribution < -0.4 is 5.32 Å². The molecule has 0 aromatic heterocycles. The van der Waals surface area contributed by atoms with Crippen LogP contribution in [0, 0.1) is 5.92 Å². The van der Waals surface area contributed by atoms with Crippen LogP contribution in [0.3, 0.4) is 0 Å². The zero-order valence-corrected chi connectivity index (χ0v) is 10.9. The summed E-state index contributed by atoms with van der Waals surface area (Å²) < 4.78 is 10.7. The van der Waals surface area contributed by atoms with Gasteiger partial charge in [0.1, 0.15) is 0 Å². The van der Waals surface area contributed by atoms with E-state index < -0.39 is 0 Å². The number of hydrogen-bond donors (Lipinski definition) is 1. The molecule has 0 spiro atoms. The number of carbonyl (C=O) groups is 1. The van der Waals surface area contributed by atoms with Crippen LogP contribution in [0.4, 0.5) is 0 Å². The number of hydrogen-bond acceptors (Lipinski definition) is 3. The second-order valence-electron chi connectivity index (χ2n) is 3.60. The molecule has 16 heavy (non-hydrogen) atoms. The lowest BCUT2D eigenvalue weighted by molar-refractivity contribution is -0.142. The van der Waals surface area contributed by atoms with Gasteiger partial charge in [-0.2, -0.15) is 0 Å². The quantitative estimate of drug-likeness (QED) is 0.617. The Morgan fingerprint density at radius 2 is 1.56 bits per heavy atom. The van der Waals surface area contributed by atoms with Crippen molar-refractivity contribution in [2.45, 2.75) is 46.8 Å². The Hall–Kier alpha value is -0.610.